The fourth-order valence-corrected chi connectivity index (χ4v) is 1.82. The molecule has 0 aliphatic heterocycles. The molecule has 0 spiro atoms. The largest absolute Gasteiger partial charge is 0.493 e. The minimum atomic E-state index is -0.364. The van der Waals surface area contributed by atoms with E-state index in [1.54, 1.807) is 37.6 Å². The highest BCUT2D eigenvalue weighted by Crippen LogP contribution is 2.27. The van der Waals surface area contributed by atoms with Crippen LogP contribution in [0.3, 0.4) is 0 Å². The van der Waals surface area contributed by atoms with E-state index in [0.717, 1.165) is 12.0 Å². The Bertz CT molecular complexity index is 672. The number of methoxy groups -OCH3 is 1. The minimum absolute atomic E-state index is 0.311. The molecule has 2 rings (SSSR count). The number of carbonyl (C=O) groups is 1. The highest BCUT2D eigenvalue weighted by Gasteiger charge is 2.06. The van der Waals surface area contributed by atoms with E-state index in [2.05, 4.69) is 15.5 Å². The zero-order chi connectivity index (χ0) is 16.5. The molecule has 0 saturated carbocycles. The lowest BCUT2D eigenvalue weighted by Gasteiger charge is -2.10. The normalized spacial score (nSPS) is 10.5. The molecule has 0 radical (unpaired) electrons. The van der Waals surface area contributed by atoms with Gasteiger partial charge in [0.2, 0.25) is 0 Å². The molecule has 1 amide bonds. The van der Waals surface area contributed by atoms with Gasteiger partial charge in [-0.15, -0.1) is 0 Å². The van der Waals surface area contributed by atoms with E-state index in [9.17, 15) is 4.79 Å². The first kappa shape index (κ1) is 16.5. The lowest BCUT2D eigenvalue weighted by molar-refractivity contribution is 0.0950. The number of hydrogen-bond acceptors (Lipinski definition) is 5. The van der Waals surface area contributed by atoms with Crippen molar-refractivity contribution in [3.63, 3.8) is 0 Å². The number of carbonyl (C=O) groups excluding carboxylic acids is 1. The van der Waals surface area contributed by atoms with Crippen molar-refractivity contribution >= 4 is 12.1 Å². The van der Waals surface area contributed by atoms with E-state index in [4.69, 9.17) is 9.47 Å². The number of aromatic nitrogens is 1. The number of amides is 1. The molecule has 0 saturated heterocycles. The molecule has 6 heteroatoms. The van der Waals surface area contributed by atoms with Gasteiger partial charge in [-0.3, -0.25) is 9.78 Å². The Hall–Kier alpha value is -2.89. The SMILES string of the molecule is CCCOc1ccc(/C=N\NC(=O)c2ccccn2)cc1OC. The van der Waals surface area contributed by atoms with Crippen LogP contribution in [0.2, 0.25) is 0 Å². The second-order valence-electron chi connectivity index (χ2n) is 4.67. The van der Waals surface area contributed by atoms with Crippen molar-refractivity contribution in [1.29, 1.82) is 0 Å². The second kappa shape index (κ2) is 8.53. The molecule has 0 unspecified atom stereocenters. The number of hydrogen-bond donors (Lipinski definition) is 1. The number of benzene rings is 1. The molecule has 0 aliphatic rings. The fraction of sp³-hybridized carbons (Fsp3) is 0.235. The highest BCUT2D eigenvalue weighted by atomic mass is 16.5. The molecule has 0 bridgehead atoms. The second-order valence-corrected chi connectivity index (χ2v) is 4.67. The topological polar surface area (TPSA) is 72.8 Å². The summed E-state index contributed by atoms with van der Waals surface area (Å²) >= 11 is 0. The summed E-state index contributed by atoms with van der Waals surface area (Å²) in [5.41, 5.74) is 3.52. The Kier molecular flexibility index (Phi) is 6.11. The van der Waals surface area contributed by atoms with Crippen molar-refractivity contribution in [2.45, 2.75) is 13.3 Å². The molecule has 1 heterocycles. The number of rotatable bonds is 7. The molecule has 1 aromatic carbocycles. The quantitative estimate of drug-likeness (QED) is 0.630. The molecule has 0 aliphatic carbocycles. The number of hydrazone groups is 1. The molecule has 0 fully saturated rings. The van der Waals surface area contributed by atoms with E-state index < -0.39 is 0 Å². The van der Waals surface area contributed by atoms with E-state index in [1.165, 1.54) is 6.21 Å². The lowest BCUT2D eigenvalue weighted by atomic mass is 10.2. The van der Waals surface area contributed by atoms with Crippen LogP contribution in [0.1, 0.15) is 29.4 Å². The van der Waals surface area contributed by atoms with E-state index >= 15 is 0 Å². The summed E-state index contributed by atoms with van der Waals surface area (Å²) in [5, 5.41) is 3.92. The minimum Gasteiger partial charge on any atom is -0.493 e. The van der Waals surface area contributed by atoms with Crippen LogP contribution in [0.15, 0.2) is 47.7 Å². The van der Waals surface area contributed by atoms with Gasteiger partial charge in [-0.05, 0) is 42.3 Å². The van der Waals surface area contributed by atoms with Gasteiger partial charge in [0.1, 0.15) is 5.69 Å². The van der Waals surface area contributed by atoms with Crippen LogP contribution in [-0.2, 0) is 0 Å². The Labute approximate surface area is 135 Å². The van der Waals surface area contributed by atoms with Crippen molar-refractivity contribution < 1.29 is 14.3 Å². The van der Waals surface area contributed by atoms with Gasteiger partial charge in [0, 0.05) is 6.20 Å². The summed E-state index contributed by atoms with van der Waals surface area (Å²) in [6.07, 6.45) is 4.01. The zero-order valence-corrected chi connectivity index (χ0v) is 13.2. The predicted molar refractivity (Wildman–Crippen MR) is 88.1 cm³/mol. The van der Waals surface area contributed by atoms with Gasteiger partial charge >= 0.3 is 0 Å². The highest BCUT2D eigenvalue weighted by molar-refractivity contribution is 5.93. The molecular weight excluding hydrogens is 294 g/mol. The Morgan fingerprint density at radius 3 is 2.87 bits per heavy atom. The van der Waals surface area contributed by atoms with E-state index in [1.807, 2.05) is 19.1 Å². The smallest absolute Gasteiger partial charge is 0.289 e. The number of nitrogens with zero attached hydrogens (tertiary/aromatic N) is 2. The van der Waals surface area contributed by atoms with Crippen LogP contribution in [0, 0.1) is 0 Å². The van der Waals surface area contributed by atoms with Gasteiger partial charge in [0.15, 0.2) is 11.5 Å². The van der Waals surface area contributed by atoms with Crippen molar-refractivity contribution in [3.05, 3.63) is 53.9 Å². The third-order valence-corrected chi connectivity index (χ3v) is 2.93. The van der Waals surface area contributed by atoms with Crippen molar-refractivity contribution in [2.24, 2.45) is 5.10 Å². The molecule has 0 atom stereocenters. The first-order valence-corrected chi connectivity index (χ1v) is 7.30. The summed E-state index contributed by atoms with van der Waals surface area (Å²) in [7, 11) is 1.58. The third-order valence-electron chi connectivity index (χ3n) is 2.93. The average molecular weight is 313 g/mol. The molecule has 23 heavy (non-hydrogen) atoms. The van der Waals surface area contributed by atoms with Crippen LogP contribution in [0.4, 0.5) is 0 Å². The fourth-order valence-electron chi connectivity index (χ4n) is 1.82. The van der Waals surface area contributed by atoms with Gasteiger partial charge in [-0.2, -0.15) is 5.10 Å². The summed E-state index contributed by atoms with van der Waals surface area (Å²) in [6.45, 7) is 2.67. The molecular formula is C17H19N3O3. The van der Waals surface area contributed by atoms with Crippen LogP contribution in [0.5, 0.6) is 11.5 Å². The zero-order valence-electron chi connectivity index (χ0n) is 13.2. The van der Waals surface area contributed by atoms with Crippen LogP contribution in [0.25, 0.3) is 0 Å². The maximum absolute atomic E-state index is 11.8. The summed E-state index contributed by atoms with van der Waals surface area (Å²) in [6, 6.07) is 10.6. The molecule has 1 N–H and O–H groups in total. The van der Waals surface area contributed by atoms with Crippen LogP contribution >= 0.6 is 0 Å². The summed E-state index contributed by atoms with van der Waals surface area (Å²) in [5.74, 6) is 0.944. The standard InChI is InChI=1S/C17H19N3O3/c1-3-10-23-15-8-7-13(11-16(15)22-2)12-19-20-17(21)14-6-4-5-9-18-14/h4-9,11-12H,3,10H2,1-2H3,(H,20,21)/b19-12-. The van der Waals surface area contributed by atoms with Crippen molar-refractivity contribution in [1.82, 2.24) is 10.4 Å². The number of nitrogens with one attached hydrogen (secondary N) is 1. The third kappa shape index (κ3) is 4.81. The Morgan fingerprint density at radius 2 is 2.17 bits per heavy atom. The first-order chi connectivity index (χ1) is 11.2. The van der Waals surface area contributed by atoms with Gasteiger partial charge in [0.25, 0.3) is 5.91 Å². The van der Waals surface area contributed by atoms with Gasteiger partial charge in [0.05, 0.1) is 19.9 Å². The monoisotopic (exact) mass is 313 g/mol. The van der Waals surface area contributed by atoms with Crippen molar-refractivity contribution in [3.8, 4) is 11.5 Å². The van der Waals surface area contributed by atoms with Crippen molar-refractivity contribution in [2.75, 3.05) is 13.7 Å². The van der Waals surface area contributed by atoms with E-state index in [-0.39, 0.29) is 5.91 Å². The van der Waals surface area contributed by atoms with Gasteiger partial charge in [-0.1, -0.05) is 13.0 Å². The average Bonchev–Trinajstić information content (AvgIpc) is 2.61. The summed E-state index contributed by atoms with van der Waals surface area (Å²) < 4.78 is 10.9. The van der Waals surface area contributed by atoms with Gasteiger partial charge < -0.3 is 9.47 Å². The maximum atomic E-state index is 11.8. The lowest BCUT2D eigenvalue weighted by Crippen LogP contribution is -2.18. The molecule has 6 nitrogen and oxygen atoms in total. The van der Waals surface area contributed by atoms with Crippen LogP contribution in [-0.4, -0.2) is 30.8 Å². The number of ether oxygens (including phenoxy) is 2. The molecule has 2 aromatic rings. The Balaban J connectivity index is 2.00. The molecule has 1 aromatic heterocycles. The first-order valence-electron chi connectivity index (χ1n) is 7.30. The molecule has 120 valence electrons. The maximum Gasteiger partial charge on any atom is 0.289 e. The van der Waals surface area contributed by atoms with Crippen LogP contribution < -0.4 is 14.9 Å². The summed E-state index contributed by atoms with van der Waals surface area (Å²) in [4.78, 5) is 15.7. The van der Waals surface area contributed by atoms with Gasteiger partial charge in [-0.25, -0.2) is 5.43 Å². The number of pyridine rings is 1. The van der Waals surface area contributed by atoms with E-state index in [0.29, 0.717) is 23.8 Å². The predicted octanol–water partition coefficient (Wildman–Crippen LogP) is 2.64. The Morgan fingerprint density at radius 1 is 1.30 bits per heavy atom.